The molecule has 3 heteroatoms. The molecule has 0 radical (unpaired) electrons. The minimum Gasteiger partial charge on any atom is -0.396 e. The minimum atomic E-state index is -0.158. The summed E-state index contributed by atoms with van der Waals surface area (Å²) in [6.07, 6.45) is 0.698. The highest BCUT2D eigenvalue weighted by Crippen LogP contribution is 2.10. The summed E-state index contributed by atoms with van der Waals surface area (Å²) in [5.74, 6) is 0. The van der Waals surface area contributed by atoms with Crippen molar-refractivity contribution in [3.63, 3.8) is 0 Å². The smallest absolute Gasteiger partial charge is 0.0644 e. The molecule has 0 saturated carbocycles. The fourth-order valence-electron chi connectivity index (χ4n) is 0.575. The van der Waals surface area contributed by atoms with Crippen LogP contribution in [0.3, 0.4) is 0 Å². The maximum atomic E-state index is 8.45. The minimum absolute atomic E-state index is 0.158. The number of aliphatic hydroxyl groups excluding tert-OH is 1. The van der Waals surface area contributed by atoms with Crippen molar-refractivity contribution in [3.8, 4) is 0 Å². The Morgan fingerprint density at radius 2 is 1.62 bits per heavy atom. The van der Waals surface area contributed by atoms with Gasteiger partial charge < -0.3 is 14.6 Å². The van der Waals surface area contributed by atoms with Gasteiger partial charge in [0, 0.05) is 26.9 Å². The first-order valence-electron chi connectivity index (χ1n) is 4.77. The largest absolute Gasteiger partial charge is 0.396 e. The second-order valence-electron chi connectivity index (χ2n) is 3.22. The van der Waals surface area contributed by atoms with Crippen LogP contribution in [0.4, 0.5) is 0 Å². The molecule has 0 fully saturated rings. The van der Waals surface area contributed by atoms with Crippen molar-refractivity contribution in [2.24, 2.45) is 0 Å². The first-order valence-corrected chi connectivity index (χ1v) is 4.77. The fraction of sp³-hybridized carbons (Fsp3) is 1.00. The van der Waals surface area contributed by atoms with Crippen LogP contribution in [-0.2, 0) is 9.47 Å². The average molecular weight is 192 g/mol. The van der Waals surface area contributed by atoms with Crippen LogP contribution in [0, 0.1) is 0 Å². The zero-order chi connectivity index (χ0) is 10.7. The predicted octanol–water partition coefficient (Wildman–Crippen LogP) is 1.84. The summed E-state index contributed by atoms with van der Waals surface area (Å²) < 4.78 is 9.85. The molecule has 0 saturated heterocycles. The molecule has 13 heavy (non-hydrogen) atoms. The normalized spacial score (nSPS) is 10.6. The molecule has 3 nitrogen and oxygen atoms in total. The molecule has 0 aromatic rings. The highest BCUT2D eigenvalue weighted by atomic mass is 16.5. The summed E-state index contributed by atoms with van der Waals surface area (Å²) in [6, 6.07) is 0. The van der Waals surface area contributed by atoms with Crippen molar-refractivity contribution in [1.29, 1.82) is 0 Å². The monoisotopic (exact) mass is 192 g/mol. The van der Waals surface area contributed by atoms with Gasteiger partial charge in [-0.25, -0.2) is 0 Å². The number of methoxy groups -OCH3 is 1. The Kier molecular flexibility index (Phi) is 11.8. The molecule has 82 valence electrons. The zero-order valence-electron chi connectivity index (χ0n) is 9.59. The molecule has 0 amide bonds. The Balaban J connectivity index is 0. The van der Waals surface area contributed by atoms with Crippen LogP contribution in [0.2, 0.25) is 0 Å². The molecule has 0 aliphatic carbocycles. The van der Waals surface area contributed by atoms with Crippen molar-refractivity contribution in [1.82, 2.24) is 0 Å². The molecule has 0 aromatic heterocycles. The molecule has 1 N–H and O–H groups in total. The van der Waals surface area contributed by atoms with Crippen molar-refractivity contribution < 1.29 is 14.6 Å². The SMILES string of the molecule is CCOCC.COC(C)(C)CCO. The average Bonchev–Trinajstić information content (AvgIpc) is 2.07. The summed E-state index contributed by atoms with van der Waals surface area (Å²) in [5, 5.41) is 8.45. The van der Waals surface area contributed by atoms with Gasteiger partial charge in [-0.2, -0.15) is 0 Å². The third-order valence-electron chi connectivity index (χ3n) is 1.67. The van der Waals surface area contributed by atoms with Crippen molar-refractivity contribution in [2.45, 2.75) is 39.7 Å². The van der Waals surface area contributed by atoms with Gasteiger partial charge in [0.25, 0.3) is 0 Å². The summed E-state index contributed by atoms with van der Waals surface area (Å²) in [6.45, 7) is 9.76. The van der Waals surface area contributed by atoms with Gasteiger partial charge >= 0.3 is 0 Å². The second kappa shape index (κ2) is 9.96. The van der Waals surface area contributed by atoms with Gasteiger partial charge in [0.15, 0.2) is 0 Å². The Morgan fingerprint density at radius 3 is 1.69 bits per heavy atom. The molecule has 0 aromatic carbocycles. The lowest BCUT2D eigenvalue weighted by molar-refractivity contribution is 0.00293. The second-order valence-corrected chi connectivity index (χ2v) is 3.22. The van der Waals surface area contributed by atoms with Crippen LogP contribution in [-0.4, -0.2) is 37.6 Å². The van der Waals surface area contributed by atoms with Crippen LogP contribution < -0.4 is 0 Å². The van der Waals surface area contributed by atoms with E-state index in [4.69, 9.17) is 14.6 Å². The van der Waals surface area contributed by atoms with Gasteiger partial charge in [-0.3, -0.25) is 0 Å². The maximum Gasteiger partial charge on any atom is 0.0644 e. The first kappa shape index (κ1) is 15.4. The quantitative estimate of drug-likeness (QED) is 0.722. The molecule has 0 aliphatic heterocycles. The van der Waals surface area contributed by atoms with Crippen molar-refractivity contribution in [2.75, 3.05) is 26.9 Å². The third kappa shape index (κ3) is 14.7. The summed E-state index contributed by atoms with van der Waals surface area (Å²) in [7, 11) is 1.65. The summed E-state index contributed by atoms with van der Waals surface area (Å²) in [5.41, 5.74) is -0.158. The number of hydrogen-bond acceptors (Lipinski definition) is 3. The Hall–Kier alpha value is -0.120. The third-order valence-corrected chi connectivity index (χ3v) is 1.67. The van der Waals surface area contributed by atoms with Crippen LogP contribution in [0.1, 0.15) is 34.1 Å². The lowest BCUT2D eigenvalue weighted by Crippen LogP contribution is -2.23. The van der Waals surface area contributed by atoms with Crippen molar-refractivity contribution >= 4 is 0 Å². The van der Waals surface area contributed by atoms with Crippen LogP contribution in [0.5, 0.6) is 0 Å². The van der Waals surface area contributed by atoms with E-state index in [1.807, 2.05) is 27.7 Å². The van der Waals surface area contributed by atoms with E-state index in [9.17, 15) is 0 Å². The maximum absolute atomic E-state index is 8.45. The van der Waals surface area contributed by atoms with Gasteiger partial charge in [0.2, 0.25) is 0 Å². The number of ether oxygens (including phenoxy) is 2. The van der Waals surface area contributed by atoms with Gasteiger partial charge in [0.05, 0.1) is 5.60 Å². The zero-order valence-corrected chi connectivity index (χ0v) is 9.59. The van der Waals surface area contributed by atoms with E-state index in [1.54, 1.807) is 7.11 Å². The molecule has 0 heterocycles. The van der Waals surface area contributed by atoms with Crippen LogP contribution in [0.15, 0.2) is 0 Å². The fourth-order valence-corrected chi connectivity index (χ4v) is 0.575. The van der Waals surface area contributed by atoms with Crippen LogP contribution in [0.25, 0.3) is 0 Å². The molecule has 0 atom stereocenters. The van der Waals surface area contributed by atoms with Gasteiger partial charge in [-0.1, -0.05) is 0 Å². The predicted molar refractivity (Wildman–Crippen MR) is 55.0 cm³/mol. The molecular weight excluding hydrogens is 168 g/mol. The van der Waals surface area contributed by atoms with Gasteiger partial charge in [-0.05, 0) is 34.1 Å². The lowest BCUT2D eigenvalue weighted by Gasteiger charge is -2.20. The van der Waals surface area contributed by atoms with Gasteiger partial charge in [0.1, 0.15) is 0 Å². The number of rotatable bonds is 5. The molecule has 0 bridgehead atoms. The highest BCUT2D eigenvalue weighted by Gasteiger charge is 2.13. The van der Waals surface area contributed by atoms with E-state index in [0.29, 0.717) is 6.42 Å². The van der Waals surface area contributed by atoms with Crippen LogP contribution >= 0.6 is 0 Å². The van der Waals surface area contributed by atoms with Crippen molar-refractivity contribution in [3.05, 3.63) is 0 Å². The molecule has 0 aliphatic rings. The highest BCUT2D eigenvalue weighted by molar-refractivity contribution is 4.65. The van der Waals surface area contributed by atoms with E-state index < -0.39 is 0 Å². The Labute approximate surface area is 82.1 Å². The summed E-state index contributed by atoms with van der Waals surface area (Å²) in [4.78, 5) is 0. The van der Waals surface area contributed by atoms with E-state index in [1.165, 1.54) is 0 Å². The number of aliphatic hydroxyl groups is 1. The standard InChI is InChI=1S/C6H14O2.C4H10O/c1-6(2,8-3)4-5-7;1-3-5-4-2/h7H,4-5H2,1-3H3;3-4H2,1-2H3. The van der Waals surface area contributed by atoms with E-state index >= 15 is 0 Å². The Morgan fingerprint density at radius 1 is 1.15 bits per heavy atom. The molecular formula is C10H24O3. The topological polar surface area (TPSA) is 38.7 Å². The Bertz CT molecular complexity index is 90.2. The van der Waals surface area contributed by atoms with E-state index in [0.717, 1.165) is 13.2 Å². The molecule has 0 unspecified atom stereocenters. The number of hydrogen-bond donors (Lipinski definition) is 1. The van der Waals surface area contributed by atoms with E-state index in [2.05, 4.69) is 0 Å². The van der Waals surface area contributed by atoms with E-state index in [-0.39, 0.29) is 12.2 Å². The first-order chi connectivity index (χ1) is 6.04. The summed E-state index contributed by atoms with van der Waals surface area (Å²) >= 11 is 0. The molecule has 0 rings (SSSR count). The molecule has 0 spiro atoms. The lowest BCUT2D eigenvalue weighted by atomic mass is 10.1. The van der Waals surface area contributed by atoms with Gasteiger partial charge in [-0.15, -0.1) is 0 Å².